The van der Waals surface area contributed by atoms with Gasteiger partial charge >= 0.3 is 7.12 Å². The second-order valence-corrected chi connectivity index (χ2v) is 5.31. The van der Waals surface area contributed by atoms with E-state index in [0.717, 1.165) is 0 Å². The van der Waals surface area contributed by atoms with Crippen LogP contribution in [0.4, 0.5) is 0 Å². The number of para-hydroxylation sites is 1. The Morgan fingerprint density at radius 2 is 1.72 bits per heavy atom. The summed E-state index contributed by atoms with van der Waals surface area (Å²) in [6.45, 7) is 0. The van der Waals surface area contributed by atoms with Gasteiger partial charge in [-0.25, -0.2) is 4.21 Å². The third-order valence-electron chi connectivity index (χ3n) is 2.73. The molecular formula is C12H9BO4S. The van der Waals surface area contributed by atoms with Crippen molar-refractivity contribution in [2.45, 2.75) is 9.79 Å². The van der Waals surface area contributed by atoms with Gasteiger partial charge in [-0.2, -0.15) is 0 Å². The Bertz CT molecular complexity index is 642. The average molecular weight is 260 g/mol. The van der Waals surface area contributed by atoms with E-state index in [4.69, 9.17) is 14.8 Å². The molecule has 3 rings (SSSR count). The summed E-state index contributed by atoms with van der Waals surface area (Å²) in [4.78, 5) is 1.17. The molecule has 0 aliphatic carbocycles. The van der Waals surface area contributed by atoms with Gasteiger partial charge in [-0.1, -0.05) is 18.2 Å². The Labute approximate surface area is 106 Å². The van der Waals surface area contributed by atoms with Crippen molar-refractivity contribution in [2.24, 2.45) is 0 Å². The molecule has 0 amide bonds. The first kappa shape index (κ1) is 11.5. The van der Waals surface area contributed by atoms with E-state index in [2.05, 4.69) is 0 Å². The smallest absolute Gasteiger partial charge is 0.455 e. The number of benzene rings is 2. The maximum Gasteiger partial charge on any atom is 0.488 e. The van der Waals surface area contributed by atoms with Crippen LogP contribution in [0.1, 0.15) is 0 Å². The quantitative estimate of drug-likeness (QED) is 0.630. The zero-order valence-electron chi connectivity index (χ0n) is 9.24. The highest BCUT2D eigenvalue weighted by atomic mass is 32.2. The van der Waals surface area contributed by atoms with Crippen LogP contribution in [0.2, 0.25) is 0 Å². The van der Waals surface area contributed by atoms with Gasteiger partial charge in [0.1, 0.15) is 11.5 Å². The van der Waals surface area contributed by atoms with Crippen LogP contribution in [-0.4, -0.2) is 21.4 Å². The van der Waals surface area contributed by atoms with Crippen LogP contribution in [0, 0.1) is 0 Å². The summed E-state index contributed by atoms with van der Waals surface area (Å²) in [7, 11) is -2.87. The molecule has 18 heavy (non-hydrogen) atoms. The molecular weight excluding hydrogens is 251 g/mol. The summed E-state index contributed by atoms with van der Waals surface area (Å²) in [6.07, 6.45) is 0. The minimum absolute atomic E-state index is 0.310. The van der Waals surface area contributed by atoms with Gasteiger partial charge in [-0.15, -0.1) is 0 Å². The molecule has 0 saturated heterocycles. The third-order valence-corrected chi connectivity index (χ3v) is 4.21. The summed E-state index contributed by atoms with van der Waals surface area (Å²) in [5, 5.41) is 18.2. The molecule has 0 bridgehead atoms. The highest BCUT2D eigenvalue weighted by molar-refractivity contribution is 7.85. The van der Waals surface area contributed by atoms with Crippen LogP contribution in [0.5, 0.6) is 11.5 Å². The molecule has 1 atom stereocenters. The fourth-order valence-corrected chi connectivity index (χ4v) is 3.05. The molecule has 4 nitrogen and oxygen atoms in total. The lowest BCUT2D eigenvalue weighted by Crippen LogP contribution is -2.30. The zero-order valence-corrected chi connectivity index (χ0v) is 10.1. The normalized spacial score (nSPS) is 16.4. The molecule has 2 aromatic carbocycles. The Morgan fingerprint density at radius 1 is 1.00 bits per heavy atom. The first-order valence-corrected chi connectivity index (χ1v) is 6.50. The molecule has 90 valence electrons. The van der Waals surface area contributed by atoms with E-state index in [1.807, 2.05) is 0 Å². The molecule has 0 saturated carbocycles. The first-order chi connectivity index (χ1) is 8.66. The lowest BCUT2D eigenvalue weighted by Gasteiger charge is -2.19. The zero-order chi connectivity index (χ0) is 12.7. The lowest BCUT2D eigenvalue weighted by atomic mass is 9.80. The fraction of sp³-hybridized carbons (Fsp3) is 0. The average Bonchev–Trinajstić information content (AvgIpc) is 2.38. The van der Waals surface area contributed by atoms with Crippen LogP contribution in [0.25, 0.3) is 0 Å². The fourth-order valence-electron chi connectivity index (χ4n) is 1.84. The van der Waals surface area contributed by atoms with Crippen molar-refractivity contribution in [1.82, 2.24) is 0 Å². The van der Waals surface area contributed by atoms with Crippen molar-refractivity contribution in [2.75, 3.05) is 0 Å². The van der Waals surface area contributed by atoms with Crippen LogP contribution in [-0.2, 0) is 10.8 Å². The first-order valence-electron chi connectivity index (χ1n) is 5.35. The Hall–Kier alpha value is -1.63. The molecule has 1 aliphatic rings. The number of hydrogen-bond donors (Lipinski definition) is 2. The predicted octanol–water partition coefficient (Wildman–Crippen LogP) is 0.639. The highest BCUT2D eigenvalue weighted by Gasteiger charge is 2.25. The number of hydrogen-bond acceptors (Lipinski definition) is 4. The molecule has 0 fully saturated rings. The van der Waals surface area contributed by atoms with Crippen molar-refractivity contribution in [3.05, 3.63) is 42.5 Å². The van der Waals surface area contributed by atoms with Gasteiger partial charge < -0.3 is 14.8 Å². The van der Waals surface area contributed by atoms with Crippen molar-refractivity contribution in [3.63, 3.8) is 0 Å². The molecule has 0 aromatic heterocycles. The van der Waals surface area contributed by atoms with Crippen LogP contribution >= 0.6 is 0 Å². The summed E-state index contributed by atoms with van der Waals surface area (Å²) >= 11 is 0. The van der Waals surface area contributed by atoms with Crippen molar-refractivity contribution >= 4 is 23.4 Å². The Morgan fingerprint density at radius 3 is 2.50 bits per heavy atom. The number of ether oxygens (including phenoxy) is 1. The molecule has 0 radical (unpaired) electrons. The van der Waals surface area contributed by atoms with E-state index in [-0.39, 0.29) is 0 Å². The van der Waals surface area contributed by atoms with E-state index < -0.39 is 17.9 Å². The van der Waals surface area contributed by atoms with Crippen molar-refractivity contribution < 1.29 is 19.0 Å². The van der Waals surface area contributed by atoms with Crippen molar-refractivity contribution in [3.8, 4) is 11.5 Å². The van der Waals surface area contributed by atoms with Crippen molar-refractivity contribution in [1.29, 1.82) is 0 Å². The highest BCUT2D eigenvalue weighted by Crippen LogP contribution is 2.39. The SMILES string of the molecule is O=S1c2ccccc2Oc2cc(B(O)O)ccc21. The van der Waals surface area contributed by atoms with Gasteiger partial charge in [0.05, 0.1) is 20.6 Å². The molecule has 6 heteroatoms. The molecule has 0 spiro atoms. The van der Waals surface area contributed by atoms with Gasteiger partial charge in [0.15, 0.2) is 0 Å². The van der Waals surface area contributed by atoms with E-state index in [1.165, 1.54) is 12.1 Å². The second kappa shape index (κ2) is 4.24. The van der Waals surface area contributed by atoms with Gasteiger partial charge in [0.25, 0.3) is 0 Å². The van der Waals surface area contributed by atoms with E-state index in [1.54, 1.807) is 30.3 Å². The molecule has 1 heterocycles. The topological polar surface area (TPSA) is 66.8 Å². The molecule has 2 aromatic rings. The van der Waals surface area contributed by atoms with Crippen LogP contribution < -0.4 is 10.2 Å². The standard InChI is InChI=1S/C12H9BO4S/c14-13(15)8-5-6-12-10(7-8)17-9-3-1-2-4-11(9)18(12)16/h1-7,14-15H. The maximum absolute atomic E-state index is 12.3. The van der Waals surface area contributed by atoms with Gasteiger partial charge in [-0.05, 0) is 29.7 Å². The summed E-state index contributed by atoms with van der Waals surface area (Å²) in [6, 6.07) is 11.7. The van der Waals surface area contributed by atoms with Crippen LogP contribution in [0.3, 0.4) is 0 Å². The second-order valence-electron chi connectivity index (χ2n) is 3.90. The summed E-state index contributed by atoms with van der Waals surface area (Å²) in [5.74, 6) is 0.936. The number of rotatable bonds is 1. The summed E-state index contributed by atoms with van der Waals surface area (Å²) < 4.78 is 17.9. The Kier molecular flexibility index (Phi) is 2.70. The maximum atomic E-state index is 12.3. The predicted molar refractivity (Wildman–Crippen MR) is 67.5 cm³/mol. The molecule has 2 N–H and O–H groups in total. The third kappa shape index (κ3) is 1.75. The van der Waals surface area contributed by atoms with Gasteiger partial charge in [0, 0.05) is 0 Å². The minimum Gasteiger partial charge on any atom is -0.455 e. The largest absolute Gasteiger partial charge is 0.488 e. The monoisotopic (exact) mass is 260 g/mol. The van der Waals surface area contributed by atoms with Gasteiger partial charge in [0.2, 0.25) is 0 Å². The van der Waals surface area contributed by atoms with Gasteiger partial charge in [-0.3, -0.25) is 0 Å². The van der Waals surface area contributed by atoms with E-state index in [9.17, 15) is 4.21 Å². The molecule has 1 aliphatic heterocycles. The number of fused-ring (bicyclic) bond motifs is 2. The lowest BCUT2D eigenvalue weighted by molar-refractivity contribution is 0.423. The molecule has 1 unspecified atom stereocenters. The van der Waals surface area contributed by atoms with E-state index in [0.29, 0.717) is 26.8 Å². The minimum atomic E-state index is -1.57. The Balaban J connectivity index is 2.13. The van der Waals surface area contributed by atoms with E-state index >= 15 is 0 Å². The van der Waals surface area contributed by atoms with Crippen LogP contribution in [0.15, 0.2) is 52.3 Å². The summed E-state index contributed by atoms with van der Waals surface area (Å²) in [5.41, 5.74) is 0.310.